The van der Waals surface area contributed by atoms with Crippen molar-refractivity contribution in [2.24, 2.45) is 0 Å². The molecule has 0 aliphatic heterocycles. The number of methoxy groups -OCH3 is 1. The molecule has 5 nitrogen and oxygen atoms in total. The van der Waals surface area contributed by atoms with Gasteiger partial charge in [-0.2, -0.15) is 0 Å². The molecule has 3 aromatic carbocycles. The van der Waals surface area contributed by atoms with Gasteiger partial charge in [0.15, 0.2) is 0 Å². The molecule has 0 saturated carbocycles. The predicted molar refractivity (Wildman–Crippen MR) is 118 cm³/mol. The van der Waals surface area contributed by atoms with E-state index in [9.17, 15) is 0 Å². The Kier molecular flexibility index (Phi) is 6.18. The number of fused-ring (bicyclic) bond motifs is 1. The highest BCUT2D eigenvalue weighted by Crippen LogP contribution is 2.21. The fraction of sp³-hybridized carbons (Fsp3) is 0.240. The number of benzene rings is 3. The van der Waals surface area contributed by atoms with Gasteiger partial charge in [0.25, 0.3) is 0 Å². The maximum atomic E-state index is 6.02. The van der Waals surface area contributed by atoms with E-state index in [4.69, 9.17) is 19.2 Å². The summed E-state index contributed by atoms with van der Waals surface area (Å²) in [6, 6.07) is 24.0. The van der Waals surface area contributed by atoms with Crippen LogP contribution in [-0.4, -0.2) is 23.3 Å². The van der Waals surface area contributed by atoms with Crippen molar-refractivity contribution in [2.45, 2.75) is 26.5 Å². The second-order valence-electron chi connectivity index (χ2n) is 6.98. The molecule has 0 aliphatic rings. The second-order valence-corrected chi connectivity index (χ2v) is 6.98. The summed E-state index contributed by atoms with van der Waals surface area (Å²) in [5.74, 6) is 3.29. The van der Waals surface area contributed by atoms with Gasteiger partial charge in [-0.25, -0.2) is 4.98 Å². The minimum atomic E-state index is 0.402. The molecule has 0 unspecified atom stereocenters. The molecule has 0 fully saturated rings. The minimum Gasteiger partial charge on any atom is -0.497 e. The van der Waals surface area contributed by atoms with Crippen LogP contribution >= 0.6 is 0 Å². The van der Waals surface area contributed by atoms with Crippen LogP contribution in [-0.2, 0) is 19.6 Å². The topological polar surface area (TPSA) is 45.5 Å². The monoisotopic (exact) mass is 402 g/mol. The van der Waals surface area contributed by atoms with Crippen LogP contribution in [0.5, 0.6) is 17.2 Å². The van der Waals surface area contributed by atoms with Gasteiger partial charge in [-0.1, -0.05) is 37.3 Å². The Bertz CT molecular complexity index is 1100. The third kappa shape index (κ3) is 4.57. The summed E-state index contributed by atoms with van der Waals surface area (Å²) in [6.45, 7) is 3.74. The Morgan fingerprint density at radius 3 is 2.43 bits per heavy atom. The zero-order chi connectivity index (χ0) is 20.8. The molecule has 1 heterocycles. The second kappa shape index (κ2) is 9.35. The average Bonchev–Trinajstić information content (AvgIpc) is 3.16. The van der Waals surface area contributed by atoms with E-state index in [1.54, 1.807) is 7.11 Å². The van der Waals surface area contributed by atoms with Crippen molar-refractivity contribution in [1.29, 1.82) is 0 Å². The molecule has 0 saturated heterocycles. The van der Waals surface area contributed by atoms with Gasteiger partial charge in [-0.3, -0.25) is 0 Å². The lowest BCUT2D eigenvalue weighted by molar-refractivity contribution is 0.271. The van der Waals surface area contributed by atoms with Gasteiger partial charge in [0, 0.05) is 6.07 Å². The predicted octanol–water partition coefficient (Wildman–Crippen LogP) is 5.27. The third-order valence-corrected chi connectivity index (χ3v) is 5.06. The fourth-order valence-electron chi connectivity index (χ4n) is 3.40. The highest BCUT2D eigenvalue weighted by Gasteiger charge is 2.11. The Morgan fingerprint density at radius 2 is 1.63 bits per heavy atom. The van der Waals surface area contributed by atoms with Crippen molar-refractivity contribution in [3.63, 3.8) is 0 Å². The van der Waals surface area contributed by atoms with Crippen LogP contribution in [0.15, 0.2) is 72.8 Å². The first-order chi connectivity index (χ1) is 14.8. The Labute approximate surface area is 176 Å². The lowest BCUT2D eigenvalue weighted by Gasteiger charge is -2.12. The number of hydrogen-bond donors (Lipinski definition) is 0. The van der Waals surface area contributed by atoms with Crippen molar-refractivity contribution < 1.29 is 14.2 Å². The summed E-state index contributed by atoms with van der Waals surface area (Å²) in [4.78, 5) is 4.78. The minimum absolute atomic E-state index is 0.402. The van der Waals surface area contributed by atoms with Crippen molar-refractivity contribution in [3.05, 3.63) is 84.2 Å². The lowest BCUT2D eigenvalue weighted by Crippen LogP contribution is -2.13. The maximum absolute atomic E-state index is 6.02. The zero-order valence-corrected chi connectivity index (χ0v) is 17.4. The van der Waals surface area contributed by atoms with Crippen molar-refractivity contribution in [1.82, 2.24) is 9.55 Å². The fourth-order valence-corrected chi connectivity index (χ4v) is 3.40. The molecule has 0 radical (unpaired) electrons. The van der Waals surface area contributed by atoms with Crippen molar-refractivity contribution >= 4 is 11.0 Å². The van der Waals surface area contributed by atoms with Crippen LogP contribution in [0.4, 0.5) is 0 Å². The number of hydrogen-bond acceptors (Lipinski definition) is 4. The smallest absolute Gasteiger partial charge is 0.148 e. The van der Waals surface area contributed by atoms with E-state index >= 15 is 0 Å². The molecule has 4 aromatic rings. The van der Waals surface area contributed by atoms with E-state index in [0.717, 1.165) is 40.5 Å². The number of ether oxygens (including phenoxy) is 3. The van der Waals surface area contributed by atoms with Crippen LogP contribution in [0.2, 0.25) is 0 Å². The Hall–Kier alpha value is -3.47. The largest absolute Gasteiger partial charge is 0.497 e. The van der Waals surface area contributed by atoms with Gasteiger partial charge >= 0.3 is 0 Å². The lowest BCUT2D eigenvalue weighted by atomic mass is 10.2. The molecule has 0 amide bonds. The zero-order valence-electron chi connectivity index (χ0n) is 17.4. The summed E-state index contributed by atoms with van der Waals surface area (Å²) in [5, 5.41) is 0. The molecule has 0 aliphatic carbocycles. The molecule has 154 valence electrons. The molecular weight excluding hydrogens is 376 g/mol. The Morgan fingerprint density at radius 1 is 0.833 bits per heavy atom. The number of aromatic nitrogens is 2. The molecule has 0 N–H and O–H groups in total. The molecule has 4 rings (SSSR count). The number of rotatable bonds is 9. The SMILES string of the molecule is CCc1ccc(OCc2nc3ccccc3n2CCOc2cccc(OC)c2)cc1. The highest BCUT2D eigenvalue weighted by atomic mass is 16.5. The summed E-state index contributed by atoms with van der Waals surface area (Å²) < 4.78 is 19.4. The van der Waals surface area contributed by atoms with Gasteiger partial charge in [0.05, 0.1) is 24.7 Å². The summed E-state index contributed by atoms with van der Waals surface area (Å²) >= 11 is 0. The van der Waals surface area contributed by atoms with Crippen molar-refractivity contribution in [3.8, 4) is 17.2 Å². The molecule has 0 spiro atoms. The van der Waals surface area contributed by atoms with Crippen LogP contribution < -0.4 is 14.2 Å². The van der Waals surface area contributed by atoms with Crippen LogP contribution in [0.1, 0.15) is 18.3 Å². The van der Waals surface area contributed by atoms with E-state index in [0.29, 0.717) is 19.8 Å². The molecule has 0 atom stereocenters. The molecule has 0 bridgehead atoms. The maximum Gasteiger partial charge on any atom is 0.148 e. The van der Waals surface area contributed by atoms with Gasteiger partial charge in [0.1, 0.15) is 36.3 Å². The average molecular weight is 402 g/mol. The van der Waals surface area contributed by atoms with Gasteiger partial charge < -0.3 is 18.8 Å². The number of nitrogens with zero attached hydrogens (tertiary/aromatic N) is 2. The van der Waals surface area contributed by atoms with Gasteiger partial charge in [-0.15, -0.1) is 0 Å². The van der Waals surface area contributed by atoms with Gasteiger partial charge in [-0.05, 0) is 48.4 Å². The number of imidazole rings is 1. The number of aryl methyl sites for hydroxylation is 1. The van der Waals surface area contributed by atoms with Gasteiger partial charge in [0.2, 0.25) is 0 Å². The van der Waals surface area contributed by atoms with E-state index in [2.05, 4.69) is 29.7 Å². The standard InChI is InChI=1S/C25H26N2O3/c1-3-19-11-13-20(14-12-19)30-18-25-26-23-9-4-5-10-24(23)27(25)15-16-29-22-8-6-7-21(17-22)28-2/h4-14,17H,3,15-16,18H2,1-2H3. The van der Waals surface area contributed by atoms with Crippen molar-refractivity contribution in [2.75, 3.05) is 13.7 Å². The summed E-state index contributed by atoms with van der Waals surface area (Å²) in [5.41, 5.74) is 3.33. The molecule has 1 aromatic heterocycles. The number of para-hydroxylation sites is 2. The van der Waals surface area contributed by atoms with Crippen LogP contribution in [0, 0.1) is 0 Å². The van der Waals surface area contributed by atoms with E-state index in [1.807, 2.05) is 54.6 Å². The van der Waals surface area contributed by atoms with E-state index in [1.165, 1.54) is 5.56 Å². The van der Waals surface area contributed by atoms with E-state index in [-0.39, 0.29) is 0 Å². The normalized spacial score (nSPS) is 10.9. The first-order valence-electron chi connectivity index (χ1n) is 10.2. The Balaban J connectivity index is 1.48. The summed E-state index contributed by atoms with van der Waals surface area (Å²) in [7, 11) is 1.65. The molecule has 5 heteroatoms. The first kappa shape index (κ1) is 19.8. The molecule has 30 heavy (non-hydrogen) atoms. The summed E-state index contributed by atoms with van der Waals surface area (Å²) in [6.07, 6.45) is 1.02. The van der Waals surface area contributed by atoms with Crippen LogP contribution in [0.3, 0.4) is 0 Å². The quantitative estimate of drug-likeness (QED) is 0.383. The molecular formula is C25H26N2O3. The van der Waals surface area contributed by atoms with Crippen LogP contribution in [0.25, 0.3) is 11.0 Å². The third-order valence-electron chi connectivity index (χ3n) is 5.06. The highest BCUT2D eigenvalue weighted by molar-refractivity contribution is 5.75. The van der Waals surface area contributed by atoms with E-state index < -0.39 is 0 Å². The first-order valence-corrected chi connectivity index (χ1v) is 10.2.